The zero-order chi connectivity index (χ0) is 40.7. The van der Waals surface area contributed by atoms with Crippen LogP contribution < -0.4 is 4.40 Å². The van der Waals surface area contributed by atoms with E-state index < -0.39 is 19.1 Å². The Morgan fingerprint density at radius 3 is 2.28 bits per heavy atom. The van der Waals surface area contributed by atoms with Crippen LogP contribution in [0.15, 0.2) is 156 Å². The SMILES string of the molecule is CC(C)Cc1cc(-c2[c-]cccc2)nc[c]1[Ge]([CH3])([CH3])[CH3].Fc1c[c-]c(-c2nc3ccccc3n2-c2ccccc2-c2ccccc2)c2oc3c4ccccc4cnc3c12.[Ir]. The molecule has 0 unspecified atom stereocenters. The molecule has 1 radical (unpaired) electrons. The third-order valence-corrected chi connectivity index (χ3v) is 15.0. The molecule has 6 aromatic carbocycles. The maximum atomic E-state index is 15.4. The molecule has 0 aliphatic carbocycles. The summed E-state index contributed by atoms with van der Waals surface area (Å²) in [6.45, 7) is 4.57. The zero-order valence-corrected chi connectivity index (χ0v) is 38.6. The fraction of sp³-hybridized carbons (Fsp3) is 0.135. The molecule has 8 heteroatoms. The van der Waals surface area contributed by atoms with Crippen LogP contribution in [0.5, 0.6) is 0 Å². The van der Waals surface area contributed by atoms with Crippen molar-refractivity contribution in [1.82, 2.24) is 19.5 Å². The minimum absolute atomic E-state index is 0. The number of hydrogen-bond acceptors (Lipinski definition) is 4. The largest absolute Gasteiger partial charge is 0.498 e. The Morgan fingerprint density at radius 1 is 0.767 bits per heavy atom. The number of para-hydroxylation sites is 3. The Morgan fingerprint density at radius 2 is 1.50 bits per heavy atom. The van der Waals surface area contributed by atoms with Gasteiger partial charge in [0.05, 0.1) is 28.3 Å². The second-order valence-corrected chi connectivity index (χ2v) is 26.9. The molecule has 0 saturated heterocycles. The summed E-state index contributed by atoms with van der Waals surface area (Å²) in [4.78, 5) is 14.3. The third-order valence-electron chi connectivity index (χ3n) is 10.7. The molecule has 0 N–H and O–H groups in total. The van der Waals surface area contributed by atoms with Crippen LogP contribution in [0.3, 0.4) is 0 Å². The molecular formula is C52H43FGeIrN4O-2. The second-order valence-electron chi connectivity index (χ2n) is 16.3. The van der Waals surface area contributed by atoms with Gasteiger partial charge in [-0.1, -0.05) is 90.5 Å². The number of nitrogens with zero attached hydrogens (tertiary/aromatic N) is 4. The van der Waals surface area contributed by atoms with E-state index >= 15 is 4.39 Å². The Labute approximate surface area is 366 Å². The van der Waals surface area contributed by atoms with E-state index in [-0.39, 0.29) is 20.1 Å². The first kappa shape index (κ1) is 41.0. The number of pyridine rings is 2. The van der Waals surface area contributed by atoms with Crippen LogP contribution in [0.2, 0.25) is 17.3 Å². The van der Waals surface area contributed by atoms with Crippen molar-refractivity contribution in [3.63, 3.8) is 0 Å². The van der Waals surface area contributed by atoms with Gasteiger partial charge >= 0.3 is 126 Å². The second kappa shape index (κ2) is 17.1. The fourth-order valence-electron chi connectivity index (χ4n) is 7.96. The van der Waals surface area contributed by atoms with Crippen LogP contribution in [-0.4, -0.2) is 32.8 Å². The number of benzene rings is 6. The molecule has 0 atom stereocenters. The Hall–Kier alpha value is -5.73. The van der Waals surface area contributed by atoms with Gasteiger partial charge in [-0.15, -0.1) is 12.1 Å². The first-order chi connectivity index (χ1) is 28.7. The van der Waals surface area contributed by atoms with Crippen molar-refractivity contribution in [3.05, 3.63) is 175 Å². The zero-order valence-electron chi connectivity index (χ0n) is 34.1. The summed E-state index contributed by atoms with van der Waals surface area (Å²) in [5, 5.41) is 2.14. The van der Waals surface area contributed by atoms with Gasteiger partial charge in [-0.3, -0.25) is 14.4 Å². The van der Waals surface area contributed by atoms with E-state index in [1.807, 2.05) is 97.1 Å². The molecule has 60 heavy (non-hydrogen) atoms. The van der Waals surface area contributed by atoms with Crippen molar-refractivity contribution in [3.8, 4) is 39.5 Å². The molecule has 10 aromatic rings. The van der Waals surface area contributed by atoms with Gasteiger partial charge in [0.15, 0.2) is 0 Å². The van der Waals surface area contributed by atoms with Crippen LogP contribution >= 0.6 is 0 Å². The van der Waals surface area contributed by atoms with Crippen molar-refractivity contribution >= 4 is 61.5 Å². The first-order valence-electron chi connectivity index (χ1n) is 20.0. The number of fused-ring (bicyclic) bond motifs is 6. The van der Waals surface area contributed by atoms with Gasteiger partial charge in [0.25, 0.3) is 0 Å². The molecule has 0 bridgehead atoms. The summed E-state index contributed by atoms with van der Waals surface area (Å²) in [6.07, 6.45) is 5.03. The quantitative estimate of drug-likeness (QED) is 0.118. The number of furan rings is 1. The molecule has 0 aliphatic heterocycles. The van der Waals surface area contributed by atoms with E-state index in [4.69, 9.17) is 14.4 Å². The predicted molar refractivity (Wildman–Crippen MR) is 243 cm³/mol. The van der Waals surface area contributed by atoms with E-state index in [1.165, 1.54) is 11.6 Å². The number of rotatable bonds is 7. The van der Waals surface area contributed by atoms with Gasteiger partial charge in [0.2, 0.25) is 0 Å². The topological polar surface area (TPSA) is 56.7 Å². The molecule has 0 fully saturated rings. The Balaban J connectivity index is 0.000000202. The smallest absolute Gasteiger partial charge is 0.147 e. The minimum atomic E-state index is -1.86. The average Bonchev–Trinajstić information content (AvgIpc) is 3.84. The maximum absolute atomic E-state index is 15.4. The van der Waals surface area contributed by atoms with Crippen molar-refractivity contribution in [2.24, 2.45) is 5.92 Å². The van der Waals surface area contributed by atoms with Crippen LogP contribution in [-0.2, 0) is 26.5 Å². The van der Waals surface area contributed by atoms with Gasteiger partial charge in [-0.05, 0) is 29.1 Å². The summed E-state index contributed by atoms with van der Waals surface area (Å²) in [5.41, 5.74) is 10.5. The molecule has 0 amide bonds. The molecule has 0 spiro atoms. The van der Waals surface area contributed by atoms with Gasteiger partial charge in [-0.2, -0.15) is 0 Å². The van der Waals surface area contributed by atoms with E-state index in [0.717, 1.165) is 56.3 Å². The number of imidazole rings is 1. The van der Waals surface area contributed by atoms with Crippen molar-refractivity contribution in [2.45, 2.75) is 37.5 Å². The maximum Gasteiger partial charge on any atom is 0.147 e. The summed E-state index contributed by atoms with van der Waals surface area (Å²) < 4.78 is 25.5. The molecule has 10 rings (SSSR count). The summed E-state index contributed by atoms with van der Waals surface area (Å²) in [5.74, 6) is 8.18. The Bertz CT molecular complexity index is 3120. The predicted octanol–water partition coefficient (Wildman–Crippen LogP) is 13.0. The Kier molecular flexibility index (Phi) is 11.7. The monoisotopic (exact) mass is 1030 g/mol. The summed E-state index contributed by atoms with van der Waals surface area (Å²) in [6, 6.07) is 52.5. The molecule has 299 valence electrons. The standard InChI is InChI=1S/C34H19FN3O.C18H24GeN.Ir/c35-26-19-18-25(32-30(26)31-33(39-32)24-14-5-4-12-22(24)20-36-31)34-37-27-15-7-9-17-29(27)38(34)28-16-8-6-13-23(28)21-10-2-1-3-11-21;1-14(2)11-16-12-18(15-9-7-6-8-10-15)20-13-17(16)19(3,4)5;/h1-17,19-20H;6-9,12-14H,11H2,1-5H3;/q2*-1;. The van der Waals surface area contributed by atoms with Crippen LogP contribution in [0.25, 0.3) is 83.3 Å². The van der Waals surface area contributed by atoms with E-state index in [9.17, 15) is 0 Å². The summed E-state index contributed by atoms with van der Waals surface area (Å²) in [7, 11) is 0. The number of aromatic nitrogens is 4. The molecule has 5 nitrogen and oxygen atoms in total. The molecule has 4 heterocycles. The van der Waals surface area contributed by atoms with Gasteiger partial charge in [0.1, 0.15) is 11.1 Å². The van der Waals surface area contributed by atoms with Crippen molar-refractivity contribution in [2.75, 3.05) is 0 Å². The summed E-state index contributed by atoms with van der Waals surface area (Å²) >= 11 is -1.86. The average molecular weight is 1020 g/mol. The third kappa shape index (κ3) is 7.85. The van der Waals surface area contributed by atoms with Crippen molar-refractivity contribution < 1.29 is 28.9 Å². The van der Waals surface area contributed by atoms with Crippen molar-refractivity contribution in [1.29, 1.82) is 0 Å². The van der Waals surface area contributed by atoms with Crippen LogP contribution in [0.4, 0.5) is 4.39 Å². The van der Waals surface area contributed by atoms with Gasteiger partial charge < -0.3 is 8.98 Å². The van der Waals surface area contributed by atoms with Gasteiger partial charge in [-0.25, -0.2) is 0 Å². The molecular weight excluding hydrogens is 980 g/mol. The number of hydrogen-bond donors (Lipinski definition) is 0. The normalized spacial score (nSPS) is 11.6. The first-order valence-corrected chi connectivity index (χ1v) is 27.4. The van der Waals surface area contributed by atoms with Crippen LogP contribution in [0.1, 0.15) is 19.4 Å². The molecule has 0 aliphatic rings. The molecule has 0 saturated carbocycles. The molecule has 4 aromatic heterocycles. The minimum Gasteiger partial charge on any atom is -0.498 e. The number of halogens is 1. The van der Waals surface area contributed by atoms with E-state index in [0.29, 0.717) is 39.4 Å². The van der Waals surface area contributed by atoms with E-state index in [1.54, 1.807) is 10.6 Å². The van der Waals surface area contributed by atoms with Crippen LogP contribution in [0, 0.1) is 23.9 Å². The van der Waals surface area contributed by atoms with Gasteiger partial charge in [0, 0.05) is 48.3 Å². The van der Waals surface area contributed by atoms with E-state index in [2.05, 4.69) is 95.4 Å². The fourth-order valence-corrected chi connectivity index (χ4v) is 11.3.